The van der Waals surface area contributed by atoms with Gasteiger partial charge in [0.2, 0.25) is 11.8 Å². The van der Waals surface area contributed by atoms with Crippen LogP contribution in [0.5, 0.6) is 5.88 Å². The van der Waals surface area contributed by atoms with Gasteiger partial charge in [-0.3, -0.25) is 9.89 Å². The number of carbonyl (C=O) groups excluding carboxylic acids is 1. The number of benzene rings is 2. The zero-order valence-electron chi connectivity index (χ0n) is 20.8. The number of fused-ring (bicyclic) bond motifs is 1. The van der Waals surface area contributed by atoms with Crippen molar-refractivity contribution in [3.63, 3.8) is 0 Å². The molecule has 36 heavy (non-hydrogen) atoms. The maximum Gasteiger partial charge on any atom is 0.243 e. The molecule has 184 valence electrons. The third kappa shape index (κ3) is 6.27. The Kier molecular flexibility index (Phi) is 8.65. The summed E-state index contributed by atoms with van der Waals surface area (Å²) in [6.45, 7) is 2.78. The molecule has 2 N–H and O–H groups in total. The molecule has 0 atom stereocenters. The Morgan fingerprint density at radius 2 is 1.83 bits per heavy atom. The van der Waals surface area contributed by atoms with Gasteiger partial charge in [0.25, 0.3) is 0 Å². The number of amides is 1. The van der Waals surface area contributed by atoms with Crippen LogP contribution in [0.4, 0.5) is 0 Å². The van der Waals surface area contributed by atoms with Crippen LogP contribution < -0.4 is 10.1 Å². The van der Waals surface area contributed by atoms with E-state index in [9.17, 15) is 4.79 Å². The molecule has 0 aliphatic rings. The average molecular weight is 481 g/mol. The lowest BCUT2D eigenvalue weighted by Gasteiger charge is -2.16. The van der Waals surface area contributed by atoms with E-state index >= 15 is 0 Å². The molecule has 0 saturated heterocycles. The van der Waals surface area contributed by atoms with Gasteiger partial charge in [0.15, 0.2) is 0 Å². The summed E-state index contributed by atoms with van der Waals surface area (Å²) in [5.74, 6) is 0.536. The van der Waals surface area contributed by atoms with E-state index in [1.807, 2.05) is 30.6 Å². The Hall–Kier alpha value is -4.19. The summed E-state index contributed by atoms with van der Waals surface area (Å²) in [6.07, 6.45) is 10.8. The zero-order chi connectivity index (χ0) is 25.2. The predicted octanol–water partition coefficient (Wildman–Crippen LogP) is 6.18. The highest BCUT2D eigenvalue weighted by molar-refractivity contribution is 6.00. The predicted molar refractivity (Wildman–Crippen MR) is 146 cm³/mol. The number of nitrogens with zero attached hydrogens (tertiary/aromatic N) is 2. The maximum atomic E-state index is 11.2. The first-order chi connectivity index (χ1) is 17.7. The fraction of sp³-hybridized carbons (Fsp3) is 0.233. The summed E-state index contributed by atoms with van der Waals surface area (Å²) >= 11 is 0. The van der Waals surface area contributed by atoms with E-state index in [2.05, 4.69) is 76.0 Å². The number of allylic oxidation sites excluding steroid dienone is 2. The summed E-state index contributed by atoms with van der Waals surface area (Å²) in [5.41, 5.74) is 6.82. The molecule has 0 spiro atoms. The van der Waals surface area contributed by atoms with Gasteiger partial charge in [0.1, 0.15) is 0 Å². The van der Waals surface area contributed by atoms with Gasteiger partial charge in [-0.2, -0.15) is 5.10 Å². The molecular formula is C30H32N4O2. The molecule has 4 rings (SSSR count). The first-order valence-electron chi connectivity index (χ1n) is 12.4. The topological polar surface area (TPSA) is 79.9 Å². The lowest BCUT2D eigenvalue weighted by atomic mass is 9.88. The van der Waals surface area contributed by atoms with E-state index in [1.54, 1.807) is 13.1 Å². The van der Waals surface area contributed by atoms with Crippen LogP contribution in [0.1, 0.15) is 49.3 Å². The number of aromatic nitrogens is 3. The minimum atomic E-state index is -0.0767. The van der Waals surface area contributed by atoms with Gasteiger partial charge in [0.05, 0.1) is 18.3 Å². The summed E-state index contributed by atoms with van der Waals surface area (Å²) in [4.78, 5) is 15.8. The summed E-state index contributed by atoms with van der Waals surface area (Å²) in [5, 5.41) is 10.9. The van der Waals surface area contributed by atoms with Gasteiger partial charge >= 0.3 is 0 Å². The van der Waals surface area contributed by atoms with Crippen LogP contribution in [0.3, 0.4) is 0 Å². The van der Waals surface area contributed by atoms with Crippen molar-refractivity contribution < 1.29 is 9.53 Å². The zero-order valence-corrected chi connectivity index (χ0v) is 20.8. The van der Waals surface area contributed by atoms with Crippen molar-refractivity contribution in [1.29, 1.82) is 0 Å². The quantitative estimate of drug-likeness (QED) is 0.153. The highest BCUT2D eigenvalue weighted by atomic mass is 16.5. The fourth-order valence-electron chi connectivity index (χ4n) is 4.21. The van der Waals surface area contributed by atoms with Crippen LogP contribution in [-0.2, 0) is 4.79 Å². The molecule has 2 aromatic carbocycles. The average Bonchev–Trinajstić information content (AvgIpc) is 3.40. The third-order valence-corrected chi connectivity index (χ3v) is 6.06. The van der Waals surface area contributed by atoms with Gasteiger partial charge < -0.3 is 10.1 Å². The Morgan fingerprint density at radius 1 is 1.00 bits per heavy atom. The Balaban J connectivity index is 1.53. The van der Waals surface area contributed by atoms with E-state index in [0.717, 1.165) is 53.3 Å². The lowest BCUT2D eigenvalue weighted by molar-refractivity contribution is -0.116. The minimum absolute atomic E-state index is 0.0767. The van der Waals surface area contributed by atoms with Crippen molar-refractivity contribution in [3.8, 4) is 5.88 Å². The molecule has 2 aromatic heterocycles. The van der Waals surface area contributed by atoms with Gasteiger partial charge in [-0.15, -0.1) is 0 Å². The van der Waals surface area contributed by atoms with Crippen LogP contribution in [-0.4, -0.2) is 34.7 Å². The largest absolute Gasteiger partial charge is 0.478 e. The van der Waals surface area contributed by atoms with E-state index in [4.69, 9.17) is 4.74 Å². The van der Waals surface area contributed by atoms with Crippen LogP contribution in [0.15, 0.2) is 85.2 Å². The minimum Gasteiger partial charge on any atom is -0.478 e. The van der Waals surface area contributed by atoms with Crippen molar-refractivity contribution in [2.45, 2.75) is 32.6 Å². The Bertz CT molecular complexity index is 1340. The van der Waals surface area contributed by atoms with Crippen molar-refractivity contribution in [1.82, 2.24) is 20.5 Å². The third-order valence-electron chi connectivity index (χ3n) is 6.06. The van der Waals surface area contributed by atoms with Gasteiger partial charge in [-0.05, 0) is 72.2 Å². The van der Waals surface area contributed by atoms with Crippen LogP contribution in [0, 0.1) is 0 Å². The number of pyridine rings is 1. The standard InChI is InChI=1S/C30H32N4O2/c1-3-26(22-11-7-6-8-12-22)30(23-14-16-27-25(19-23)21-33-34-27)24-15-17-29(32-20-24)36-18-10-5-4-9-13-28(35)31-2/h6-9,11-17,19-21H,3-5,10,18H2,1-2H3,(H,31,35)(H,33,34)/b13-9+,30-26-. The van der Waals surface area contributed by atoms with Crippen molar-refractivity contribution >= 4 is 28.0 Å². The van der Waals surface area contributed by atoms with Crippen LogP contribution in [0.25, 0.3) is 22.0 Å². The molecule has 4 aromatic rings. The summed E-state index contributed by atoms with van der Waals surface area (Å²) in [7, 11) is 1.63. The lowest BCUT2D eigenvalue weighted by Crippen LogP contribution is -2.13. The molecule has 6 nitrogen and oxygen atoms in total. The Morgan fingerprint density at radius 3 is 2.58 bits per heavy atom. The first-order valence-corrected chi connectivity index (χ1v) is 12.4. The molecule has 0 unspecified atom stereocenters. The number of H-pyrrole nitrogens is 1. The normalized spacial score (nSPS) is 12.1. The molecule has 2 heterocycles. The number of likely N-dealkylation sites (N-methyl/N-ethyl adjacent to an activating group) is 1. The molecule has 0 aliphatic carbocycles. The highest BCUT2D eigenvalue weighted by Crippen LogP contribution is 2.35. The number of carbonyl (C=O) groups is 1. The Labute approximate surface area is 212 Å². The van der Waals surface area contributed by atoms with E-state index in [0.29, 0.717) is 12.5 Å². The van der Waals surface area contributed by atoms with Crippen LogP contribution >= 0.6 is 0 Å². The number of ether oxygens (including phenoxy) is 1. The second kappa shape index (κ2) is 12.5. The SMILES string of the molecule is CC/C(=C(/c1ccc(OCCCC/C=C/C(=O)NC)nc1)c1ccc2[nH]ncc2c1)c1ccccc1. The van der Waals surface area contributed by atoms with Gasteiger partial charge in [-0.25, -0.2) is 4.98 Å². The molecule has 0 radical (unpaired) electrons. The van der Waals surface area contributed by atoms with Gasteiger partial charge in [0, 0.05) is 30.3 Å². The first kappa shape index (κ1) is 24.9. The fourth-order valence-corrected chi connectivity index (χ4v) is 4.21. The monoisotopic (exact) mass is 480 g/mol. The van der Waals surface area contributed by atoms with E-state index < -0.39 is 0 Å². The van der Waals surface area contributed by atoms with Crippen molar-refractivity contribution in [2.24, 2.45) is 0 Å². The second-order valence-corrected chi connectivity index (χ2v) is 8.49. The number of rotatable bonds is 11. The summed E-state index contributed by atoms with van der Waals surface area (Å²) in [6, 6.07) is 20.9. The van der Waals surface area contributed by atoms with Crippen molar-refractivity contribution in [2.75, 3.05) is 13.7 Å². The van der Waals surface area contributed by atoms with Crippen LogP contribution in [0.2, 0.25) is 0 Å². The van der Waals surface area contributed by atoms with E-state index in [1.165, 1.54) is 11.1 Å². The number of hydrogen-bond acceptors (Lipinski definition) is 4. The maximum absolute atomic E-state index is 11.2. The number of aromatic amines is 1. The molecular weight excluding hydrogens is 448 g/mol. The molecule has 0 fully saturated rings. The summed E-state index contributed by atoms with van der Waals surface area (Å²) < 4.78 is 5.87. The highest BCUT2D eigenvalue weighted by Gasteiger charge is 2.14. The van der Waals surface area contributed by atoms with Crippen molar-refractivity contribution in [3.05, 3.63) is 102 Å². The molecule has 1 amide bonds. The number of unbranched alkanes of at least 4 members (excludes halogenated alkanes) is 2. The molecule has 0 saturated carbocycles. The number of hydrogen-bond donors (Lipinski definition) is 2. The molecule has 6 heteroatoms. The van der Waals surface area contributed by atoms with E-state index in [-0.39, 0.29) is 5.91 Å². The second-order valence-electron chi connectivity index (χ2n) is 8.49. The number of nitrogens with one attached hydrogen (secondary N) is 2. The molecule has 0 bridgehead atoms. The smallest absolute Gasteiger partial charge is 0.243 e. The van der Waals surface area contributed by atoms with Gasteiger partial charge in [-0.1, -0.05) is 49.4 Å². The molecule has 0 aliphatic heterocycles.